The summed E-state index contributed by atoms with van der Waals surface area (Å²) < 4.78 is 14.4. The van der Waals surface area contributed by atoms with Gasteiger partial charge in [0.25, 0.3) is 0 Å². The maximum absolute atomic E-state index is 12.8. The molecule has 6 heteroatoms. The van der Waals surface area contributed by atoms with Crippen LogP contribution in [0.5, 0.6) is 0 Å². The van der Waals surface area contributed by atoms with Crippen LogP contribution in [0, 0.1) is 5.82 Å². The largest absolute Gasteiger partial charge is 0.480 e. The van der Waals surface area contributed by atoms with Crippen molar-refractivity contribution in [1.82, 2.24) is 4.57 Å². The molecule has 78 valence electrons. The van der Waals surface area contributed by atoms with E-state index in [-0.39, 0.29) is 0 Å². The van der Waals surface area contributed by atoms with Crippen LogP contribution in [-0.4, -0.2) is 15.6 Å². The van der Waals surface area contributed by atoms with Gasteiger partial charge >= 0.3 is 10.8 Å². The number of aliphatic carboxylic acids is 1. The van der Waals surface area contributed by atoms with Gasteiger partial charge in [0, 0.05) is 0 Å². The number of fused-ring (bicyclic) bond motifs is 1. The van der Waals surface area contributed by atoms with Crippen LogP contribution in [0.25, 0.3) is 10.2 Å². The first-order valence-electron chi connectivity index (χ1n) is 4.08. The molecule has 15 heavy (non-hydrogen) atoms. The van der Waals surface area contributed by atoms with Gasteiger partial charge in [0.2, 0.25) is 0 Å². The molecule has 1 heterocycles. The maximum Gasteiger partial charge on any atom is 0.323 e. The summed E-state index contributed by atoms with van der Waals surface area (Å²) in [5.74, 6) is -1.53. The fraction of sp³-hybridized carbons (Fsp3) is 0.111. The van der Waals surface area contributed by atoms with E-state index in [1.807, 2.05) is 0 Å². The number of halogens is 1. The first kappa shape index (κ1) is 9.85. The van der Waals surface area contributed by atoms with Crippen LogP contribution >= 0.6 is 11.3 Å². The third-order valence-electron chi connectivity index (χ3n) is 1.92. The third kappa shape index (κ3) is 1.75. The van der Waals surface area contributed by atoms with E-state index in [1.54, 1.807) is 0 Å². The van der Waals surface area contributed by atoms with Gasteiger partial charge in [0.1, 0.15) is 12.4 Å². The van der Waals surface area contributed by atoms with Crippen molar-refractivity contribution in [2.75, 3.05) is 0 Å². The van der Waals surface area contributed by atoms with E-state index >= 15 is 0 Å². The monoisotopic (exact) mass is 227 g/mol. The molecule has 0 unspecified atom stereocenters. The number of aromatic nitrogens is 1. The summed E-state index contributed by atoms with van der Waals surface area (Å²) in [4.78, 5) is 21.5. The Hall–Kier alpha value is -1.69. The van der Waals surface area contributed by atoms with Crippen molar-refractivity contribution in [2.24, 2.45) is 0 Å². The summed E-state index contributed by atoms with van der Waals surface area (Å²) in [6.07, 6.45) is 0. The first-order chi connectivity index (χ1) is 7.08. The van der Waals surface area contributed by atoms with Crippen LogP contribution in [0.15, 0.2) is 23.0 Å². The molecular formula is C9H6FNO3S. The number of carboxylic acids is 1. The highest BCUT2D eigenvalue weighted by atomic mass is 32.1. The van der Waals surface area contributed by atoms with Crippen molar-refractivity contribution in [2.45, 2.75) is 6.54 Å². The number of hydrogen-bond donors (Lipinski definition) is 1. The molecule has 0 saturated heterocycles. The molecule has 0 fully saturated rings. The molecule has 4 nitrogen and oxygen atoms in total. The van der Waals surface area contributed by atoms with Crippen molar-refractivity contribution in [1.29, 1.82) is 0 Å². The Labute approximate surface area is 87.2 Å². The topological polar surface area (TPSA) is 59.3 Å². The molecule has 0 amide bonds. The van der Waals surface area contributed by atoms with Crippen LogP contribution in [0.2, 0.25) is 0 Å². The molecule has 0 spiro atoms. The summed E-state index contributed by atoms with van der Waals surface area (Å²) in [7, 11) is 0. The number of nitrogens with zero attached hydrogens (tertiary/aromatic N) is 1. The zero-order valence-corrected chi connectivity index (χ0v) is 8.25. The van der Waals surface area contributed by atoms with Crippen LogP contribution < -0.4 is 4.87 Å². The molecule has 0 atom stereocenters. The quantitative estimate of drug-likeness (QED) is 0.840. The molecule has 0 saturated carbocycles. The molecule has 2 aromatic rings. The number of hydrogen-bond acceptors (Lipinski definition) is 3. The lowest BCUT2D eigenvalue weighted by atomic mass is 10.3. The lowest BCUT2D eigenvalue weighted by molar-refractivity contribution is -0.137. The Bertz CT molecular complexity index is 587. The Balaban J connectivity index is 2.68. The second-order valence-corrected chi connectivity index (χ2v) is 3.95. The van der Waals surface area contributed by atoms with Gasteiger partial charge in [-0.25, -0.2) is 4.39 Å². The summed E-state index contributed by atoms with van der Waals surface area (Å²) in [5, 5.41) is 8.59. The lowest BCUT2D eigenvalue weighted by Crippen LogP contribution is -2.18. The molecule has 1 N–H and O–H groups in total. The normalized spacial score (nSPS) is 10.7. The SMILES string of the molecule is O=C(O)Cn1c(=O)sc2cc(F)ccc21. The van der Waals surface area contributed by atoms with Crippen molar-refractivity contribution in [3.63, 3.8) is 0 Å². The average molecular weight is 227 g/mol. The van der Waals surface area contributed by atoms with E-state index in [0.717, 1.165) is 15.9 Å². The van der Waals surface area contributed by atoms with Gasteiger partial charge in [-0.1, -0.05) is 11.3 Å². The van der Waals surface area contributed by atoms with Crippen molar-refractivity contribution in [3.8, 4) is 0 Å². The van der Waals surface area contributed by atoms with E-state index in [9.17, 15) is 14.0 Å². The van der Waals surface area contributed by atoms with Gasteiger partial charge in [-0.3, -0.25) is 14.2 Å². The highest BCUT2D eigenvalue weighted by molar-refractivity contribution is 7.16. The highest BCUT2D eigenvalue weighted by Crippen LogP contribution is 2.18. The molecule has 0 radical (unpaired) electrons. The van der Waals surface area contributed by atoms with Crippen LogP contribution in [-0.2, 0) is 11.3 Å². The Morgan fingerprint density at radius 3 is 2.93 bits per heavy atom. The molecule has 0 aliphatic heterocycles. The average Bonchev–Trinajstić information content (AvgIpc) is 2.41. The van der Waals surface area contributed by atoms with E-state index in [4.69, 9.17) is 5.11 Å². The molecule has 1 aromatic carbocycles. The van der Waals surface area contributed by atoms with Crippen molar-refractivity contribution in [3.05, 3.63) is 33.7 Å². The molecule has 0 aliphatic carbocycles. The number of carboxylic acid groups (broad SMARTS) is 1. The minimum atomic E-state index is -1.10. The highest BCUT2D eigenvalue weighted by Gasteiger charge is 2.10. The number of carbonyl (C=O) groups is 1. The van der Waals surface area contributed by atoms with Gasteiger partial charge in [-0.2, -0.15) is 0 Å². The smallest absolute Gasteiger partial charge is 0.323 e. The maximum atomic E-state index is 12.8. The van der Waals surface area contributed by atoms with Gasteiger partial charge in [-0.15, -0.1) is 0 Å². The molecule has 0 bridgehead atoms. The van der Waals surface area contributed by atoms with Crippen LogP contribution in [0.1, 0.15) is 0 Å². The Kier molecular flexibility index (Phi) is 2.28. The third-order valence-corrected chi connectivity index (χ3v) is 2.87. The summed E-state index contributed by atoms with van der Waals surface area (Å²) in [5.41, 5.74) is 0.453. The predicted octanol–water partition coefficient (Wildman–Crippen LogP) is 1.29. The number of benzene rings is 1. The van der Waals surface area contributed by atoms with Gasteiger partial charge in [0.15, 0.2) is 0 Å². The van der Waals surface area contributed by atoms with Gasteiger partial charge < -0.3 is 5.11 Å². The van der Waals surface area contributed by atoms with Gasteiger partial charge in [0.05, 0.1) is 10.2 Å². The molecule has 2 rings (SSSR count). The number of thiazole rings is 1. The van der Waals surface area contributed by atoms with E-state index in [1.165, 1.54) is 18.2 Å². The second kappa shape index (κ2) is 3.47. The second-order valence-electron chi connectivity index (χ2n) is 2.96. The number of rotatable bonds is 2. The van der Waals surface area contributed by atoms with Crippen LogP contribution in [0.4, 0.5) is 4.39 Å². The van der Waals surface area contributed by atoms with Crippen molar-refractivity contribution < 1.29 is 14.3 Å². The minimum Gasteiger partial charge on any atom is -0.480 e. The summed E-state index contributed by atoms with van der Waals surface area (Å²) in [6.45, 7) is -0.398. The Morgan fingerprint density at radius 2 is 2.27 bits per heavy atom. The van der Waals surface area contributed by atoms with E-state index in [2.05, 4.69) is 0 Å². The summed E-state index contributed by atoms with van der Waals surface area (Å²) >= 11 is 0.839. The molecular weight excluding hydrogens is 221 g/mol. The first-order valence-corrected chi connectivity index (χ1v) is 4.90. The van der Waals surface area contributed by atoms with E-state index in [0.29, 0.717) is 10.2 Å². The van der Waals surface area contributed by atoms with Crippen LogP contribution in [0.3, 0.4) is 0 Å². The minimum absolute atomic E-state index is 0.391. The van der Waals surface area contributed by atoms with Crippen molar-refractivity contribution >= 4 is 27.5 Å². The van der Waals surface area contributed by atoms with Gasteiger partial charge in [-0.05, 0) is 18.2 Å². The molecule has 0 aliphatic rings. The molecule has 1 aromatic heterocycles. The van der Waals surface area contributed by atoms with E-state index < -0.39 is 23.2 Å². The summed E-state index contributed by atoms with van der Waals surface area (Å²) in [6, 6.07) is 3.83. The Morgan fingerprint density at radius 1 is 1.53 bits per heavy atom. The lowest BCUT2D eigenvalue weighted by Gasteiger charge is -1.98. The fourth-order valence-corrected chi connectivity index (χ4v) is 2.24. The zero-order chi connectivity index (χ0) is 11.0. The fourth-order valence-electron chi connectivity index (χ4n) is 1.33. The predicted molar refractivity (Wildman–Crippen MR) is 53.7 cm³/mol. The zero-order valence-electron chi connectivity index (χ0n) is 7.44. The standard InChI is InChI=1S/C9H6FNO3S/c10-5-1-2-6-7(3-5)15-9(14)11(6)4-8(12)13/h1-3H,4H2,(H,12,13).